The molecule has 2 rings (SSSR count). The minimum absolute atomic E-state index is 0.161. The van der Waals surface area contributed by atoms with Crippen LogP contribution in [0, 0.1) is 0 Å². The number of hydrogen-bond donors (Lipinski definition) is 2. The number of carboxylic acid groups (broad SMARTS) is 1. The number of Topliss-reactive ketones (excluding diaryl/α,β-unsaturated/α-hetero) is 1. The summed E-state index contributed by atoms with van der Waals surface area (Å²) in [6.45, 7) is 0. The molecule has 2 aromatic carbocycles. The second-order valence-electron chi connectivity index (χ2n) is 3.32. The van der Waals surface area contributed by atoms with Gasteiger partial charge in [-0.3, -0.25) is 4.79 Å². The van der Waals surface area contributed by atoms with Gasteiger partial charge < -0.3 is 10.2 Å². The van der Waals surface area contributed by atoms with Gasteiger partial charge in [-0.15, -0.1) is 0 Å². The van der Waals surface area contributed by atoms with Gasteiger partial charge in [0.1, 0.15) is 5.75 Å². The van der Waals surface area contributed by atoms with Gasteiger partial charge in [-0.05, 0) is 16.8 Å². The summed E-state index contributed by atoms with van der Waals surface area (Å²) < 4.78 is 0. The van der Waals surface area contributed by atoms with Crippen molar-refractivity contribution >= 4 is 22.5 Å². The molecule has 0 spiro atoms. The van der Waals surface area contributed by atoms with E-state index in [1.807, 2.05) is 0 Å². The van der Waals surface area contributed by atoms with Crippen LogP contribution in [-0.4, -0.2) is 22.0 Å². The van der Waals surface area contributed by atoms with Crippen molar-refractivity contribution in [1.29, 1.82) is 0 Å². The smallest absolute Gasteiger partial charge is 0.377 e. The third-order valence-corrected chi connectivity index (χ3v) is 2.33. The van der Waals surface area contributed by atoms with Crippen LogP contribution in [0.25, 0.3) is 10.8 Å². The van der Waals surface area contributed by atoms with Crippen LogP contribution in [0.4, 0.5) is 0 Å². The maximum atomic E-state index is 11.4. The Morgan fingerprint density at radius 3 is 2.38 bits per heavy atom. The first kappa shape index (κ1) is 10.2. The molecule has 2 N–H and O–H groups in total. The van der Waals surface area contributed by atoms with Crippen LogP contribution in [0.2, 0.25) is 0 Å². The molecule has 80 valence electrons. The Hall–Kier alpha value is -2.36. The van der Waals surface area contributed by atoms with Crippen LogP contribution >= 0.6 is 0 Å². The van der Waals surface area contributed by atoms with Crippen molar-refractivity contribution in [3.8, 4) is 5.75 Å². The number of benzene rings is 2. The summed E-state index contributed by atoms with van der Waals surface area (Å²) in [6.07, 6.45) is 0. The van der Waals surface area contributed by atoms with E-state index in [2.05, 4.69) is 0 Å². The highest BCUT2D eigenvalue weighted by Crippen LogP contribution is 2.27. The molecule has 2 aromatic rings. The third kappa shape index (κ3) is 1.50. The van der Waals surface area contributed by atoms with Crippen LogP contribution in [0.15, 0.2) is 36.4 Å². The number of phenolic OH excluding ortho intramolecular Hbond substituents is 1. The van der Waals surface area contributed by atoms with E-state index in [1.165, 1.54) is 6.07 Å². The van der Waals surface area contributed by atoms with E-state index < -0.39 is 11.8 Å². The summed E-state index contributed by atoms with van der Waals surface area (Å²) in [4.78, 5) is 22.1. The van der Waals surface area contributed by atoms with E-state index in [0.717, 1.165) is 0 Å². The first-order valence-electron chi connectivity index (χ1n) is 4.59. The van der Waals surface area contributed by atoms with Gasteiger partial charge in [0, 0.05) is 0 Å². The van der Waals surface area contributed by atoms with Crippen molar-refractivity contribution in [2.75, 3.05) is 0 Å². The number of fused-ring (bicyclic) bond motifs is 1. The molecule has 0 radical (unpaired) electrons. The average molecular weight is 216 g/mol. The monoisotopic (exact) mass is 216 g/mol. The molecule has 0 unspecified atom stereocenters. The lowest BCUT2D eigenvalue weighted by atomic mass is 10.0. The molecule has 4 heteroatoms. The number of carbonyl (C=O) groups excluding carboxylic acids is 1. The second-order valence-corrected chi connectivity index (χ2v) is 3.32. The third-order valence-electron chi connectivity index (χ3n) is 2.33. The zero-order chi connectivity index (χ0) is 11.7. The van der Waals surface area contributed by atoms with Crippen molar-refractivity contribution in [3.05, 3.63) is 42.0 Å². The lowest BCUT2D eigenvalue weighted by Gasteiger charge is -2.05. The van der Waals surface area contributed by atoms with Crippen molar-refractivity contribution in [2.45, 2.75) is 0 Å². The first-order valence-corrected chi connectivity index (χ1v) is 4.59. The number of carbonyl (C=O) groups is 2. The Bertz CT molecular complexity index is 587. The lowest BCUT2D eigenvalue weighted by molar-refractivity contribution is -0.131. The van der Waals surface area contributed by atoms with Crippen LogP contribution in [0.1, 0.15) is 10.4 Å². The minimum atomic E-state index is -1.58. The van der Waals surface area contributed by atoms with Crippen molar-refractivity contribution < 1.29 is 19.8 Å². The first-order chi connectivity index (χ1) is 7.61. The zero-order valence-electron chi connectivity index (χ0n) is 8.18. The second kappa shape index (κ2) is 3.66. The molecule has 0 saturated carbocycles. The van der Waals surface area contributed by atoms with Gasteiger partial charge in [0.2, 0.25) is 0 Å². The predicted octanol–water partition coefficient (Wildman–Crippen LogP) is 1.81. The predicted molar refractivity (Wildman–Crippen MR) is 57.6 cm³/mol. The fourth-order valence-corrected chi connectivity index (χ4v) is 1.61. The molecule has 0 atom stereocenters. The standard InChI is InChI=1S/C12H8O4/c13-9-6-5-7-3-1-2-4-8(7)10(9)11(14)12(15)16/h1-6,13H,(H,15,16). The summed E-state index contributed by atoms with van der Waals surface area (Å²) in [7, 11) is 0. The number of aliphatic carboxylic acids is 1. The molecule has 0 heterocycles. The molecule has 0 aliphatic heterocycles. The van der Waals surface area contributed by atoms with Crippen LogP contribution < -0.4 is 0 Å². The summed E-state index contributed by atoms with van der Waals surface area (Å²) >= 11 is 0. The van der Waals surface area contributed by atoms with Gasteiger partial charge in [0.15, 0.2) is 0 Å². The largest absolute Gasteiger partial charge is 0.507 e. The Morgan fingerprint density at radius 1 is 1.00 bits per heavy atom. The molecular formula is C12H8O4. The Labute approximate surface area is 90.8 Å². The van der Waals surface area contributed by atoms with E-state index in [1.54, 1.807) is 30.3 Å². The molecule has 4 nitrogen and oxygen atoms in total. The molecule has 0 amide bonds. The number of hydrogen-bond acceptors (Lipinski definition) is 3. The highest BCUT2D eigenvalue weighted by atomic mass is 16.4. The van der Waals surface area contributed by atoms with E-state index in [0.29, 0.717) is 10.8 Å². The molecule has 0 aromatic heterocycles. The van der Waals surface area contributed by atoms with E-state index in [9.17, 15) is 14.7 Å². The highest BCUT2D eigenvalue weighted by molar-refractivity contribution is 6.43. The fraction of sp³-hybridized carbons (Fsp3) is 0. The van der Waals surface area contributed by atoms with Crippen LogP contribution in [0.3, 0.4) is 0 Å². The quantitative estimate of drug-likeness (QED) is 0.593. The van der Waals surface area contributed by atoms with Crippen LogP contribution in [-0.2, 0) is 4.79 Å². The van der Waals surface area contributed by atoms with Crippen molar-refractivity contribution in [1.82, 2.24) is 0 Å². The SMILES string of the molecule is O=C(O)C(=O)c1c(O)ccc2ccccc12. The zero-order valence-corrected chi connectivity index (χ0v) is 8.18. The van der Waals surface area contributed by atoms with Gasteiger partial charge in [0.25, 0.3) is 5.78 Å². The molecule has 0 bridgehead atoms. The van der Waals surface area contributed by atoms with Gasteiger partial charge in [-0.2, -0.15) is 0 Å². The van der Waals surface area contributed by atoms with Crippen molar-refractivity contribution in [3.63, 3.8) is 0 Å². The topological polar surface area (TPSA) is 74.6 Å². The molecule has 0 fully saturated rings. The van der Waals surface area contributed by atoms with Gasteiger partial charge in [-0.25, -0.2) is 4.79 Å². The van der Waals surface area contributed by atoms with Crippen molar-refractivity contribution in [2.24, 2.45) is 0 Å². The maximum Gasteiger partial charge on any atom is 0.377 e. The molecule has 0 saturated heterocycles. The molecule has 16 heavy (non-hydrogen) atoms. The Balaban J connectivity index is 2.80. The summed E-state index contributed by atoms with van der Waals surface area (Å²) in [5.74, 6) is -2.99. The van der Waals surface area contributed by atoms with Crippen LogP contribution in [0.5, 0.6) is 5.75 Å². The van der Waals surface area contributed by atoms with Gasteiger partial charge in [-0.1, -0.05) is 30.3 Å². The van der Waals surface area contributed by atoms with E-state index in [-0.39, 0.29) is 11.3 Å². The van der Waals surface area contributed by atoms with E-state index >= 15 is 0 Å². The summed E-state index contributed by atoms with van der Waals surface area (Å²) in [5.41, 5.74) is -0.161. The number of aromatic hydroxyl groups is 1. The number of ketones is 1. The number of rotatable bonds is 2. The number of phenols is 1. The summed E-state index contributed by atoms with van der Waals surface area (Å²) in [5, 5.41) is 19.4. The lowest BCUT2D eigenvalue weighted by Crippen LogP contribution is -2.13. The normalized spacial score (nSPS) is 10.2. The minimum Gasteiger partial charge on any atom is -0.507 e. The molecule has 0 aliphatic rings. The highest BCUT2D eigenvalue weighted by Gasteiger charge is 2.21. The maximum absolute atomic E-state index is 11.4. The Morgan fingerprint density at radius 2 is 1.69 bits per heavy atom. The fourth-order valence-electron chi connectivity index (χ4n) is 1.61. The van der Waals surface area contributed by atoms with Gasteiger partial charge in [0.05, 0.1) is 5.56 Å². The number of carboxylic acids is 1. The van der Waals surface area contributed by atoms with E-state index in [4.69, 9.17) is 5.11 Å². The molecule has 0 aliphatic carbocycles. The average Bonchev–Trinajstić information content (AvgIpc) is 2.28. The van der Waals surface area contributed by atoms with Gasteiger partial charge >= 0.3 is 5.97 Å². The Kier molecular flexibility index (Phi) is 2.32. The summed E-state index contributed by atoms with van der Waals surface area (Å²) in [6, 6.07) is 9.75. The molecular weight excluding hydrogens is 208 g/mol.